The number of nitriles is 1. The molecule has 1 heterocycles. The maximum atomic E-state index is 12.7. The highest BCUT2D eigenvalue weighted by Crippen LogP contribution is 2.26. The molecule has 182 valence electrons. The second-order valence-electron chi connectivity index (χ2n) is 7.93. The van der Waals surface area contributed by atoms with Crippen LogP contribution in [0.2, 0.25) is 0 Å². The van der Waals surface area contributed by atoms with Crippen molar-refractivity contribution in [3.05, 3.63) is 120 Å². The number of hydrogen-bond acceptors (Lipinski definition) is 5. The summed E-state index contributed by atoms with van der Waals surface area (Å²) < 4.78 is 0. The van der Waals surface area contributed by atoms with E-state index in [9.17, 15) is 10.1 Å². The summed E-state index contributed by atoms with van der Waals surface area (Å²) in [6.07, 6.45) is 1.72. The average Bonchev–Trinajstić information content (AvgIpc) is 2.96. The summed E-state index contributed by atoms with van der Waals surface area (Å²) in [5, 5.41) is 19.7. The number of rotatable bonds is 6. The molecule has 3 N–H and O–H groups in total. The molecule has 0 aliphatic carbocycles. The number of aromatic nitrogens is 1. The number of carbonyl (C=O) groups excluding carboxylic acids is 1. The van der Waals surface area contributed by atoms with Gasteiger partial charge in [0.2, 0.25) is 0 Å². The van der Waals surface area contributed by atoms with Gasteiger partial charge in [-0.05, 0) is 84.9 Å². The van der Waals surface area contributed by atoms with Crippen LogP contribution in [0.1, 0.15) is 29.8 Å². The highest BCUT2D eigenvalue weighted by Gasteiger charge is 2.08. The van der Waals surface area contributed by atoms with Crippen molar-refractivity contribution in [3.8, 4) is 6.07 Å². The third-order valence-electron chi connectivity index (χ3n) is 5.50. The van der Waals surface area contributed by atoms with Crippen LogP contribution in [0, 0.1) is 11.3 Å². The largest absolute Gasteiger partial charge is 0.356 e. The molecule has 0 saturated carbocycles. The van der Waals surface area contributed by atoms with Gasteiger partial charge >= 0.3 is 0 Å². The smallest absolute Gasteiger partial charge is 0.255 e. The summed E-state index contributed by atoms with van der Waals surface area (Å²) in [6, 6.07) is 34.1. The number of pyridine rings is 1. The zero-order valence-electron chi connectivity index (χ0n) is 20.7. The number of fused-ring (bicyclic) bond motifs is 1. The molecular weight excluding hydrogens is 458 g/mol. The second-order valence-corrected chi connectivity index (χ2v) is 7.93. The van der Waals surface area contributed by atoms with E-state index in [4.69, 9.17) is 0 Å². The van der Waals surface area contributed by atoms with Crippen molar-refractivity contribution in [2.45, 2.75) is 13.8 Å². The van der Waals surface area contributed by atoms with Gasteiger partial charge in [-0.15, -0.1) is 0 Å². The van der Waals surface area contributed by atoms with Crippen LogP contribution in [0.15, 0.2) is 109 Å². The lowest BCUT2D eigenvalue weighted by Gasteiger charge is -2.11. The monoisotopic (exact) mass is 485 g/mol. The summed E-state index contributed by atoms with van der Waals surface area (Å²) in [7, 11) is 0. The number of nitrogens with one attached hydrogen (secondary N) is 3. The predicted octanol–water partition coefficient (Wildman–Crippen LogP) is 7.87. The third-order valence-corrected chi connectivity index (χ3v) is 5.50. The zero-order chi connectivity index (χ0) is 26.0. The molecule has 4 aromatic carbocycles. The number of anilines is 5. The molecule has 0 radical (unpaired) electrons. The molecule has 1 amide bonds. The Morgan fingerprint density at radius 2 is 1.35 bits per heavy atom. The van der Waals surface area contributed by atoms with Crippen LogP contribution < -0.4 is 16.0 Å². The Kier molecular flexibility index (Phi) is 8.10. The lowest BCUT2D eigenvalue weighted by atomic mass is 10.1. The van der Waals surface area contributed by atoms with E-state index in [-0.39, 0.29) is 5.91 Å². The molecule has 5 aromatic rings. The van der Waals surface area contributed by atoms with Crippen LogP contribution in [-0.4, -0.2) is 10.9 Å². The quantitative estimate of drug-likeness (QED) is 0.228. The lowest BCUT2D eigenvalue weighted by Crippen LogP contribution is -2.11. The summed E-state index contributed by atoms with van der Waals surface area (Å²) in [5.74, 6) is -0.187. The molecule has 0 aliphatic heterocycles. The summed E-state index contributed by atoms with van der Waals surface area (Å²) >= 11 is 0. The Labute approximate surface area is 216 Å². The molecule has 0 unspecified atom stereocenters. The van der Waals surface area contributed by atoms with Crippen molar-refractivity contribution in [1.82, 2.24) is 4.98 Å². The topological polar surface area (TPSA) is 89.8 Å². The van der Waals surface area contributed by atoms with E-state index in [0.717, 1.165) is 33.7 Å². The number of nitrogens with zero attached hydrogens (tertiary/aromatic N) is 2. The normalized spacial score (nSPS) is 9.97. The maximum absolute atomic E-state index is 12.7. The van der Waals surface area contributed by atoms with Crippen molar-refractivity contribution < 1.29 is 4.79 Å². The van der Waals surface area contributed by atoms with E-state index in [2.05, 4.69) is 27.0 Å². The molecule has 0 saturated heterocycles. The van der Waals surface area contributed by atoms with Crippen LogP contribution in [0.25, 0.3) is 10.9 Å². The molecule has 0 fully saturated rings. The first-order valence-electron chi connectivity index (χ1n) is 12.1. The molecule has 0 bridgehead atoms. The molecule has 37 heavy (non-hydrogen) atoms. The minimum absolute atomic E-state index is 0.187. The van der Waals surface area contributed by atoms with E-state index in [0.29, 0.717) is 16.8 Å². The Bertz CT molecular complexity index is 1520. The lowest BCUT2D eigenvalue weighted by molar-refractivity contribution is 0.102. The molecule has 6 heteroatoms. The fraction of sp³-hybridized carbons (Fsp3) is 0.0645. The standard InChI is InChI=1S/C29H21N5O.C2H6/c30-19-20-6-15-27-26(18-20)28(16-17-31-27)33-24-9-7-21(8-10-24)29(35)34-25-13-11-23(12-14-25)32-22-4-2-1-3-5-22;1-2/h1-18,32H,(H,31,33)(H,34,35);1-2H3. The van der Waals surface area contributed by atoms with Crippen molar-refractivity contribution in [2.24, 2.45) is 0 Å². The number of para-hydroxylation sites is 1. The van der Waals surface area contributed by atoms with Crippen LogP contribution in [-0.2, 0) is 0 Å². The number of amides is 1. The van der Waals surface area contributed by atoms with Crippen molar-refractivity contribution in [3.63, 3.8) is 0 Å². The first-order valence-corrected chi connectivity index (χ1v) is 12.1. The van der Waals surface area contributed by atoms with Crippen molar-refractivity contribution in [1.29, 1.82) is 5.26 Å². The first kappa shape index (κ1) is 25.0. The van der Waals surface area contributed by atoms with Gasteiger partial charge in [-0.25, -0.2) is 0 Å². The van der Waals surface area contributed by atoms with Gasteiger partial charge in [0.05, 0.1) is 17.1 Å². The van der Waals surface area contributed by atoms with E-state index < -0.39 is 0 Å². The Morgan fingerprint density at radius 1 is 0.730 bits per heavy atom. The average molecular weight is 486 g/mol. The highest BCUT2D eigenvalue weighted by atomic mass is 16.1. The molecule has 0 aliphatic rings. The minimum atomic E-state index is -0.187. The van der Waals surface area contributed by atoms with E-state index in [1.165, 1.54) is 0 Å². The van der Waals surface area contributed by atoms with Crippen molar-refractivity contribution >= 4 is 45.2 Å². The third kappa shape index (κ3) is 6.30. The SMILES string of the molecule is CC.N#Cc1ccc2nccc(Nc3ccc(C(=O)Nc4ccc(Nc5ccccc5)cc4)cc3)c2c1. The number of hydrogen-bond donors (Lipinski definition) is 3. The van der Waals surface area contributed by atoms with Crippen LogP contribution >= 0.6 is 0 Å². The van der Waals surface area contributed by atoms with Gasteiger partial charge in [0.15, 0.2) is 0 Å². The van der Waals surface area contributed by atoms with Gasteiger partial charge in [0.25, 0.3) is 5.91 Å². The zero-order valence-corrected chi connectivity index (χ0v) is 20.7. The van der Waals surface area contributed by atoms with Gasteiger partial charge in [0, 0.05) is 45.6 Å². The van der Waals surface area contributed by atoms with E-state index in [1.54, 1.807) is 24.4 Å². The molecule has 6 nitrogen and oxygen atoms in total. The Balaban J connectivity index is 0.00000156. The fourth-order valence-corrected chi connectivity index (χ4v) is 3.71. The number of benzene rings is 4. The summed E-state index contributed by atoms with van der Waals surface area (Å²) in [4.78, 5) is 17.1. The molecule has 0 spiro atoms. The van der Waals surface area contributed by atoms with Crippen molar-refractivity contribution in [2.75, 3.05) is 16.0 Å². The van der Waals surface area contributed by atoms with Gasteiger partial charge in [-0.2, -0.15) is 5.26 Å². The van der Waals surface area contributed by atoms with Gasteiger partial charge in [0.1, 0.15) is 0 Å². The predicted molar refractivity (Wildman–Crippen MR) is 152 cm³/mol. The second kappa shape index (κ2) is 12.0. The fourth-order valence-electron chi connectivity index (χ4n) is 3.71. The highest BCUT2D eigenvalue weighted by molar-refractivity contribution is 6.04. The molecule has 0 atom stereocenters. The van der Waals surface area contributed by atoms with Gasteiger partial charge in [-0.1, -0.05) is 32.0 Å². The number of carbonyl (C=O) groups is 1. The van der Waals surface area contributed by atoms with E-state index in [1.807, 2.05) is 98.8 Å². The summed E-state index contributed by atoms with van der Waals surface area (Å²) in [6.45, 7) is 4.00. The minimum Gasteiger partial charge on any atom is -0.356 e. The molecular formula is C31H27N5O. The van der Waals surface area contributed by atoms with E-state index >= 15 is 0 Å². The van der Waals surface area contributed by atoms with Gasteiger partial charge in [-0.3, -0.25) is 9.78 Å². The van der Waals surface area contributed by atoms with Crippen LogP contribution in [0.3, 0.4) is 0 Å². The van der Waals surface area contributed by atoms with Crippen LogP contribution in [0.4, 0.5) is 28.4 Å². The van der Waals surface area contributed by atoms with Gasteiger partial charge < -0.3 is 16.0 Å². The summed E-state index contributed by atoms with van der Waals surface area (Å²) in [5.41, 5.74) is 6.25. The molecule has 1 aromatic heterocycles. The maximum Gasteiger partial charge on any atom is 0.255 e. The molecule has 5 rings (SSSR count). The first-order chi connectivity index (χ1) is 18.2. The Morgan fingerprint density at radius 3 is 2.05 bits per heavy atom. The Hall–Kier alpha value is -5.15. The van der Waals surface area contributed by atoms with Crippen LogP contribution in [0.5, 0.6) is 0 Å².